The molecule has 1 fully saturated rings. The molecule has 7 nitrogen and oxygen atoms in total. The highest BCUT2D eigenvalue weighted by Crippen LogP contribution is 2.30. The van der Waals surface area contributed by atoms with Gasteiger partial charge in [0, 0.05) is 31.9 Å². The first kappa shape index (κ1) is 20.9. The summed E-state index contributed by atoms with van der Waals surface area (Å²) in [5.74, 6) is 0.819. The van der Waals surface area contributed by atoms with Gasteiger partial charge in [0.05, 0.1) is 10.7 Å². The van der Waals surface area contributed by atoms with Crippen LogP contribution in [-0.4, -0.2) is 46.1 Å². The van der Waals surface area contributed by atoms with Gasteiger partial charge >= 0.3 is 0 Å². The number of nitrogens with zero attached hydrogens (tertiary/aromatic N) is 5. The molecule has 2 N–H and O–H groups in total. The quantitative estimate of drug-likeness (QED) is 0.650. The maximum absolute atomic E-state index is 6.47. The molecule has 9 heteroatoms. The van der Waals surface area contributed by atoms with Crippen LogP contribution in [0.4, 0.5) is 23.3 Å². The summed E-state index contributed by atoms with van der Waals surface area (Å²) in [6, 6.07) is 5.82. The molecular weight excluding hydrogens is 397 g/mol. The molecule has 1 saturated heterocycles. The van der Waals surface area contributed by atoms with Crippen molar-refractivity contribution in [3.8, 4) is 0 Å². The van der Waals surface area contributed by atoms with Crippen molar-refractivity contribution in [2.75, 3.05) is 41.8 Å². The van der Waals surface area contributed by atoms with Gasteiger partial charge in [-0.3, -0.25) is 5.43 Å². The van der Waals surface area contributed by atoms with Crippen LogP contribution in [0, 0.1) is 0 Å². The Morgan fingerprint density at radius 3 is 2.29 bits per heavy atom. The van der Waals surface area contributed by atoms with Crippen molar-refractivity contribution in [1.29, 1.82) is 0 Å². The molecule has 28 heavy (non-hydrogen) atoms. The SMILES string of the molecule is CCN(CC)c1ccc(Nc2nc(Cl)nc(NN3CCCCCC3)n2)cc1Cl. The molecule has 1 aliphatic heterocycles. The van der Waals surface area contributed by atoms with E-state index in [2.05, 4.69) is 49.5 Å². The Bertz CT molecular complexity index is 775. The molecule has 3 rings (SSSR count). The first-order chi connectivity index (χ1) is 13.6. The van der Waals surface area contributed by atoms with Gasteiger partial charge in [0.25, 0.3) is 0 Å². The minimum absolute atomic E-state index is 0.140. The van der Waals surface area contributed by atoms with E-state index in [1.54, 1.807) is 0 Å². The van der Waals surface area contributed by atoms with Crippen LogP contribution >= 0.6 is 23.2 Å². The van der Waals surface area contributed by atoms with Gasteiger partial charge in [-0.15, -0.1) is 0 Å². The molecule has 2 heterocycles. The molecular formula is C19H27Cl2N7. The zero-order valence-corrected chi connectivity index (χ0v) is 17.9. The molecule has 1 aliphatic rings. The molecule has 0 aliphatic carbocycles. The molecule has 0 spiro atoms. The lowest BCUT2D eigenvalue weighted by Gasteiger charge is -2.22. The third-order valence-electron chi connectivity index (χ3n) is 4.78. The highest BCUT2D eigenvalue weighted by molar-refractivity contribution is 6.33. The number of hydrogen-bond donors (Lipinski definition) is 2. The zero-order chi connectivity index (χ0) is 19.9. The minimum Gasteiger partial charge on any atom is -0.371 e. The van der Waals surface area contributed by atoms with E-state index in [1.165, 1.54) is 12.8 Å². The lowest BCUT2D eigenvalue weighted by Crippen LogP contribution is -2.31. The van der Waals surface area contributed by atoms with E-state index in [9.17, 15) is 0 Å². The molecule has 0 amide bonds. The normalized spacial score (nSPS) is 15.1. The van der Waals surface area contributed by atoms with Crippen molar-refractivity contribution in [2.45, 2.75) is 39.5 Å². The standard InChI is InChI=1S/C19H27Cl2N7/c1-3-27(4-2)16-10-9-14(13-15(16)20)22-18-23-17(21)24-19(25-18)26-28-11-7-5-6-8-12-28/h9-10,13H,3-8,11-12H2,1-2H3,(H2,22,23,24,25,26). The van der Waals surface area contributed by atoms with Crippen molar-refractivity contribution >= 4 is 46.5 Å². The second-order valence-corrected chi connectivity index (χ2v) is 7.47. The summed E-state index contributed by atoms with van der Waals surface area (Å²) >= 11 is 12.6. The molecule has 0 saturated carbocycles. The third-order valence-corrected chi connectivity index (χ3v) is 5.25. The summed E-state index contributed by atoms with van der Waals surface area (Å²) in [4.78, 5) is 15.0. The van der Waals surface area contributed by atoms with Gasteiger partial charge in [-0.2, -0.15) is 15.0 Å². The van der Waals surface area contributed by atoms with Crippen molar-refractivity contribution in [2.24, 2.45) is 0 Å². The van der Waals surface area contributed by atoms with Gasteiger partial charge in [0.2, 0.25) is 17.2 Å². The average Bonchev–Trinajstić information content (AvgIpc) is 2.92. The van der Waals surface area contributed by atoms with E-state index in [0.29, 0.717) is 16.9 Å². The van der Waals surface area contributed by atoms with Gasteiger partial charge in [-0.05, 0) is 56.5 Å². The van der Waals surface area contributed by atoms with Gasteiger partial charge in [0.1, 0.15) is 0 Å². The minimum atomic E-state index is 0.140. The molecule has 0 bridgehead atoms. The maximum atomic E-state index is 6.47. The number of anilines is 4. The Balaban J connectivity index is 1.73. The number of nitrogens with one attached hydrogen (secondary N) is 2. The Morgan fingerprint density at radius 2 is 1.64 bits per heavy atom. The summed E-state index contributed by atoms with van der Waals surface area (Å²) in [5.41, 5.74) is 5.06. The van der Waals surface area contributed by atoms with Crippen LogP contribution < -0.4 is 15.6 Å². The van der Waals surface area contributed by atoms with Gasteiger partial charge in [-0.25, -0.2) is 5.01 Å². The van der Waals surface area contributed by atoms with Gasteiger partial charge in [0.15, 0.2) is 0 Å². The van der Waals surface area contributed by atoms with E-state index in [0.717, 1.165) is 50.4 Å². The zero-order valence-electron chi connectivity index (χ0n) is 16.4. The second-order valence-electron chi connectivity index (χ2n) is 6.73. The highest BCUT2D eigenvalue weighted by atomic mass is 35.5. The Morgan fingerprint density at radius 1 is 0.964 bits per heavy atom. The van der Waals surface area contributed by atoms with Crippen LogP contribution in [-0.2, 0) is 0 Å². The lowest BCUT2D eigenvalue weighted by molar-refractivity contribution is 0.340. The van der Waals surface area contributed by atoms with Crippen molar-refractivity contribution < 1.29 is 0 Å². The van der Waals surface area contributed by atoms with Crippen molar-refractivity contribution in [1.82, 2.24) is 20.0 Å². The third kappa shape index (κ3) is 5.59. The summed E-state index contributed by atoms with van der Waals surface area (Å²) in [7, 11) is 0. The number of rotatable bonds is 7. The summed E-state index contributed by atoms with van der Waals surface area (Å²) in [6.07, 6.45) is 4.84. The van der Waals surface area contributed by atoms with E-state index >= 15 is 0 Å². The Hall–Kier alpha value is -1.83. The van der Waals surface area contributed by atoms with Crippen LogP contribution in [0.1, 0.15) is 39.5 Å². The fraction of sp³-hybridized carbons (Fsp3) is 0.526. The lowest BCUT2D eigenvalue weighted by atomic mass is 10.2. The molecule has 2 aromatic rings. The molecule has 0 unspecified atom stereocenters. The summed E-state index contributed by atoms with van der Waals surface area (Å²) < 4.78 is 0. The maximum Gasteiger partial charge on any atom is 0.243 e. The van der Waals surface area contributed by atoms with Gasteiger partial charge in [-0.1, -0.05) is 24.4 Å². The fourth-order valence-electron chi connectivity index (χ4n) is 3.31. The van der Waals surface area contributed by atoms with Crippen molar-refractivity contribution in [3.05, 3.63) is 28.5 Å². The monoisotopic (exact) mass is 423 g/mol. The smallest absolute Gasteiger partial charge is 0.243 e. The Labute approximate surface area is 176 Å². The van der Waals surface area contributed by atoms with Gasteiger partial charge < -0.3 is 10.2 Å². The van der Waals surface area contributed by atoms with Crippen LogP contribution in [0.5, 0.6) is 0 Å². The van der Waals surface area contributed by atoms with Crippen LogP contribution in [0.2, 0.25) is 10.3 Å². The van der Waals surface area contributed by atoms with Crippen LogP contribution in [0.3, 0.4) is 0 Å². The number of hydrazine groups is 1. The van der Waals surface area contributed by atoms with E-state index < -0.39 is 0 Å². The first-order valence-electron chi connectivity index (χ1n) is 9.83. The highest BCUT2D eigenvalue weighted by Gasteiger charge is 2.13. The van der Waals surface area contributed by atoms with E-state index in [-0.39, 0.29) is 5.28 Å². The van der Waals surface area contributed by atoms with Crippen LogP contribution in [0.15, 0.2) is 18.2 Å². The fourth-order valence-corrected chi connectivity index (χ4v) is 3.77. The van der Waals surface area contributed by atoms with E-state index in [4.69, 9.17) is 23.2 Å². The van der Waals surface area contributed by atoms with Crippen LogP contribution in [0.25, 0.3) is 0 Å². The average molecular weight is 424 g/mol. The molecule has 0 atom stereocenters. The molecule has 0 radical (unpaired) electrons. The topological polar surface area (TPSA) is 69.2 Å². The number of hydrogen-bond acceptors (Lipinski definition) is 7. The predicted molar refractivity (Wildman–Crippen MR) is 117 cm³/mol. The molecule has 1 aromatic heterocycles. The summed E-state index contributed by atoms with van der Waals surface area (Å²) in [5, 5.41) is 6.12. The van der Waals surface area contributed by atoms with E-state index in [1.807, 2.05) is 18.2 Å². The molecule has 1 aromatic carbocycles. The second kappa shape index (κ2) is 10.1. The summed E-state index contributed by atoms with van der Waals surface area (Å²) in [6.45, 7) is 7.95. The Kier molecular flexibility index (Phi) is 7.53. The number of aromatic nitrogens is 3. The first-order valence-corrected chi connectivity index (χ1v) is 10.6. The number of benzene rings is 1. The predicted octanol–water partition coefficient (Wildman–Crippen LogP) is 4.97. The number of halogens is 2. The largest absolute Gasteiger partial charge is 0.371 e. The molecule has 152 valence electrons. The van der Waals surface area contributed by atoms with Crippen molar-refractivity contribution in [3.63, 3.8) is 0 Å².